The van der Waals surface area contributed by atoms with Gasteiger partial charge in [-0.25, -0.2) is 9.48 Å². The average Bonchev–Trinajstić information content (AvgIpc) is 3.52. The van der Waals surface area contributed by atoms with Crippen molar-refractivity contribution in [3.63, 3.8) is 0 Å². The number of urea groups is 1. The molecular weight excluding hydrogens is 528 g/mol. The van der Waals surface area contributed by atoms with Crippen molar-refractivity contribution in [2.75, 3.05) is 23.7 Å². The molecule has 9 nitrogen and oxygen atoms in total. The molecule has 3 heterocycles. The van der Waals surface area contributed by atoms with E-state index in [4.69, 9.17) is 9.62 Å². The van der Waals surface area contributed by atoms with E-state index < -0.39 is 6.03 Å². The molecule has 0 aliphatic carbocycles. The summed E-state index contributed by atoms with van der Waals surface area (Å²) in [6, 6.07) is 17.1. The third kappa shape index (κ3) is 6.31. The summed E-state index contributed by atoms with van der Waals surface area (Å²) in [5.74, 6) is 0.905. The van der Waals surface area contributed by atoms with Crippen LogP contribution in [0.25, 0.3) is 5.69 Å². The van der Waals surface area contributed by atoms with Crippen molar-refractivity contribution in [1.82, 2.24) is 20.3 Å². The average molecular weight is 569 g/mol. The number of aromatic nitrogens is 3. The van der Waals surface area contributed by atoms with Crippen LogP contribution < -0.4 is 16.0 Å². The first-order chi connectivity index (χ1) is 20.0. The second-order valence-electron chi connectivity index (χ2n) is 12.2. The minimum absolute atomic E-state index is 0.0106. The predicted octanol–water partition coefficient (Wildman–Crippen LogP) is 6.69. The van der Waals surface area contributed by atoms with Gasteiger partial charge >= 0.3 is 6.03 Å². The second kappa shape index (κ2) is 11.9. The molecule has 3 N–H and O–H groups in total. The highest BCUT2D eigenvalue weighted by molar-refractivity contribution is 6.03. The van der Waals surface area contributed by atoms with Gasteiger partial charge in [-0.1, -0.05) is 55.8 Å². The number of aryl methyl sites for hydroxylation is 3. The number of ketones is 1. The van der Waals surface area contributed by atoms with Crippen LogP contribution in [0.1, 0.15) is 78.2 Å². The molecule has 42 heavy (non-hydrogen) atoms. The molecule has 1 fully saturated rings. The van der Waals surface area contributed by atoms with E-state index in [2.05, 4.69) is 41.9 Å². The Morgan fingerprint density at radius 1 is 1.00 bits per heavy atom. The summed E-state index contributed by atoms with van der Waals surface area (Å²) < 4.78 is 7.09. The molecule has 4 aromatic rings. The first kappa shape index (κ1) is 29.3. The van der Waals surface area contributed by atoms with Gasteiger partial charge in [-0.05, 0) is 82.4 Å². The van der Waals surface area contributed by atoms with E-state index in [1.165, 1.54) is 0 Å². The lowest BCUT2D eigenvalue weighted by Gasteiger charge is -2.30. The SMILES string of the molecule is Cc1ccc(-n2nc(C(C)(C)C)cc2NC(=O)Nc2cccc(C(C(=O)c3c(C)noc3C)C3CCNCC3)c2)cc1. The molecule has 2 aromatic carbocycles. The molecule has 1 saturated heterocycles. The summed E-state index contributed by atoms with van der Waals surface area (Å²) in [6.07, 6.45) is 1.77. The number of hydrogen-bond acceptors (Lipinski definition) is 6. The number of carbonyl (C=O) groups is 2. The van der Waals surface area contributed by atoms with Gasteiger partial charge in [0.15, 0.2) is 5.78 Å². The van der Waals surface area contributed by atoms with Gasteiger partial charge in [-0.3, -0.25) is 10.1 Å². The van der Waals surface area contributed by atoms with Crippen LogP contribution in [-0.4, -0.2) is 39.8 Å². The van der Waals surface area contributed by atoms with Crippen molar-refractivity contribution >= 4 is 23.3 Å². The van der Waals surface area contributed by atoms with Crippen molar-refractivity contribution < 1.29 is 14.1 Å². The Labute approximate surface area is 247 Å². The zero-order valence-electron chi connectivity index (χ0n) is 25.2. The van der Waals surface area contributed by atoms with E-state index in [0.717, 1.165) is 48.4 Å². The number of hydrogen-bond donors (Lipinski definition) is 3. The Hall–Kier alpha value is -4.24. The number of piperidine rings is 1. The number of nitrogens with zero attached hydrogens (tertiary/aromatic N) is 3. The van der Waals surface area contributed by atoms with Crippen LogP contribution in [0.4, 0.5) is 16.3 Å². The van der Waals surface area contributed by atoms with Crippen LogP contribution >= 0.6 is 0 Å². The summed E-state index contributed by atoms with van der Waals surface area (Å²) in [5.41, 5.74) is 5.29. The molecule has 5 rings (SSSR count). The fourth-order valence-corrected chi connectivity index (χ4v) is 5.61. The molecule has 2 amide bonds. The van der Waals surface area contributed by atoms with Gasteiger partial charge < -0.3 is 15.2 Å². The molecule has 2 aromatic heterocycles. The third-order valence-electron chi connectivity index (χ3n) is 7.92. The summed E-state index contributed by atoms with van der Waals surface area (Å²) in [7, 11) is 0. The van der Waals surface area contributed by atoms with Gasteiger partial charge in [-0.2, -0.15) is 5.10 Å². The topological polar surface area (TPSA) is 114 Å². The molecular formula is C33H40N6O3. The fraction of sp³-hybridized carbons (Fsp3) is 0.394. The zero-order chi connectivity index (χ0) is 30.0. The first-order valence-corrected chi connectivity index (χ1v) is 14.5. The van der Waals surface area contributed by atoms with Gasteiger partial charge in [0.05, 0.1) is 28.6 Å². The largest absolute Gasteiger partial charge is 0.361 e. The molecule has 0 bridgehead atoms. The van der Waals surface area contributed by atoms with Gasteiger partial charge in [-0.15, -0.1) is 0 Å². The number of anilines is 2. The van der Waals surface area contributed by atoms with Crippen molar-refractivity contribution in [3.05, 3.63) is 88.4 Å². The van der Waals surface area contributed by atoms with Crippen molar-refractivity contribution in [1.29, 1.82) is 0 Å². The Morgan fingerprint density at radius 2 is 1.71 bits per heavy atom. The lowest BCUT2D eigenvalue weighted by molar-refractivity contribution is 0.0914. The number of nitrogens with one attached hydrogen (secondary N) is 3. The highest BCUT2D eigenvalue weighted by Gasteiger charge is 2.34. The quantitative estimate of drug-likeness (QED) is 0.214. The molecule has 1 atom stereocenters. The van der Waals surface area contributed by atoms with E-state index in [9.17, 15) is 9.59 Å². The predicted molar refractivity (Wildman–Crippen MR) is 165 cm³/mol. The third-order valence-corrected chi connectivity index (χ3v) is 7.92. The van der Waals surface area contributed by atoms with Crippen molar-refractivity contribution in [3.8, 4) is 5.69 Å². The van der Waals surface area contributed by atoms with E-state index in [1.54, 1.807) is 18.5 Å². The van der Waals surface area contributed by atoms with Crippen molar-refractivity contribution in [2.24, 2.45) is 5.92 Å². The molecule has 1 unspecified atom stereocenters. The minimum atomic E-state index is -0.392. The zero-order valence-corrected chi connectivity index (χ0v) is 25.2. The van der Waals surface area contributed by atoms with Gasteiger partial charge in [0.25, 0.3) is 0 Å². The maximum atomic E-state index is 14.0. The van der Waals surface area contributed by atoms with Gasteiger partial charge in [0.2, 0.25) is 0 Å². The minimum Gasteiger partial charge on any atom is -0.361 e. The molecule has 220 valence electrons. The van der Waals surface area contributed by atoms with Crippen LogP contribution in [0.15, 0.2) is 59.1 Å². The normalized spacial score (nSPS) is 14.9. The summed E-state index contributed by atoms with van der Waals surface area (Å²) in [6.45, 7) is 13.6. The van der Waals surface area contributed by atoms with E-state index in [1.807, 2.05) is 61.5 Å². The molecule has 0 saturated carbocycles. The van der Waals surface area contributed by atoms with Crippen LogP contribution in [-0.2, 0) is 5.41 Å². The molecule has 0 spiro atoms. The lowest BCUT2D eigenvalue weighted by Crippen LogP contribution is -2.34. The van der Waals surface area contributed by atoms with Crippen LogP contribution in [0.2, 0.25) is 0 Å². The lowest BCUT2D eigenvalue weighted by atomic mass is 9.76. The summed E-state index contributed by atoms with van der Waals surface area (Å²) in [5, 5.41) is 18.2. The summed E-state index contributed by atoms with van der Waals surface area (Å²) in [4.78, 5) is 27.3. The number of Topliss-reactive ketones (excluding diaryl/α,β-unsaturated/α-hetero) is 1. The molecule has 1 aliphatic rings. The van der Waals surface area contributed by atoms with Gasteiger partial charge in [0, 0.05) is 17.2 Å². The second-order valence-corrected chi connectivity index (χ2v) is 12.2. The van der Waals surface area contributed by atoms with Crippen LogP contribution in [0, 0.1) is 26.7 Å². The number of carbonyl (C=O) groups excluding carboxylic acids is 2. The Kier molecular flexibility index (Phi) is 8.31. The maximum absolute atomic E-state index is 14.0. The Bertz CT molecular complexity index is 1550. The number of amides is 2. The molecule has 1 aliphatic heterocycles. The smallest absolute Gasteiger partial charge is 0.324 e. The molecule has 9 heteroatoms. The number of rotatable bonds is 7. The van der Waals surface area contributed by atoms with Crippen LogP contribution in [0.3, 0.4) is 0 Å². The van der Waals surface area contributed by atoms with E-state index in [-0.39, 0.29) is 23.0 Å². The van der Waals surface area contributed by atoms with Crippen LogP contribution in [0.5, 0.6) is 0 Å². The first-order valence-electron chi connectivity index (χ1n) is 14.5. The standard InChI is InChI=1S/C33H40N6O3/c1-20-10-12-26(13-11-20)39-28(19-27(37-39)33(4,5)6)36-32(41)35-25-9-7-8-24(18-25)30(23-14-16-34-17-15-23)31(40)29-21(2)38-42-22(29)3/h7-13,18-19,23,30,34H,14-17H2,1-6H3,(H2,35,36,41). The highest BCUT2D eigenvalue weighted by Crippen LogP contribution is 2.36. The van der Waals surface area contributed by atoms with Crippen molar-refractivity contribution in [2.45, 2.75) is 65.7 Å². The maximum Gasteiger partial charge on any atom is 0.324 e. The fourth-order valence-electron chi connectivity index (χ4n) is 5.61. The highest BCUT2D eigenvalue weighted by atomic mass is 16.5. The van der Waals surface area contributed by atoms with E-state index in [0.29, 0.717) is 28.5 Å². The monoisotopic (exact) mass is 568 g/mol. The Balaban J connectivity index is 1.41. The van der Waals surface area contributed by atoms with Gasteiger partial charge in [0.1, 0.15) is 11.6 Å². The molecule has 0 radical (unpaired) electrons. The number of benzene rings is 2. The summed E-state index contributed by atoms with van der Waals surface area (Å²) >= 11 is 0. The van der Waals surface area contributed by atoms with E-state index >= 15 is 0 Å². The Morgan fingerprint density at radius 3 is 2.36 bits per heavy atom.